The molecule has 0 radical (unpaired) electrons. The summed E-state index contributed by atoms with van der Waals surface area (Å²) in [5, 5.41) is 25.8. The molecule has 5 N–H and O–H groups in total. The molecule has 0 bridgehead atoms. The number of hydrogen-bond donors (Lipinski definition) is 5. The van der Waals surface area contributed by atoms with E-state index in [1.807, 2.05) is 31.2 Å². The van der Waals surface area contributed by atoms with Crippen LogP contribution >= 0.6 is 0 Å². The number of benzene rings is 4. The molecule has 11 rings (SSSR count). The Bertz CT molecular complexity index is 3170. The Morgan fingerprint density at radius 1 is 0.908 bits per heavy atom. The summed E-state index contributed by atoms with van der Waals surface area (Å²) in [7, 11) is -2.95. The van der Waals surface area contributed by atoms with Crippen LogP contribution in [0.2, 0.25) is 0 Å². The number of nitrogens with one attached hydrogen (secondary N) is 3. The van der Waals surface area contributed by atoms with Gasteiger partial charge in [-0.1, -0.05) is 50.2 Å². The molecule has 4 aromatic carbocycles. The number of aromatic nitrogens is 2. The van der Waals surface area contributed by atoms with Crippen LogP contribution in [0.4, 0.5) is 11.4 Å². The number of rotatable bonds is 15. The van der Waals surface area contributed by atoms with Crippen molar-refractivity contribution in [2.75, 3.05) is 69.8 Å². The number of amides is 1. The molecule has 402 valence electrons. The van der Waals surface area contributed by atoms with E-state index in [-0.39, 0.29) is 58.8 Å². The van der Waals surface area contributed by atoms with E-state index in [1.54, 1.807) is 25.6 Å². The third-order valence-corrected chi connectivity index (χ3v) is 18.2. The molecule has 2 aliphatic carbocycles. The van der Waals surface area contributed by atoms with E-state index in [2.05, 4.69) is 97.1 Å². The molecule has 76 heavy (non-hydrogen) atoms. The number of methoxy groups -OCH3 is 1. The molecule has 3 aliphatic heterocycles. The van der Waals surface area contributed by atoms with E-state index < -0.39 is 26.4 Å². The van der Waals surface area contributed by atoms with E-state index in [0.29, 0.717) is 48.8 Å². The maximum atomic E-state index is 14.3. The standard InChI is InChI=1S/C59H71N7O9S/c1-38(2)46-7-5-6-8-47(46)49-37-64(36-40-9-12-44(72-4)13-10-40)25-26-66(49)43-32-59(33-43)20-23-65(24-21-59)42-11-14-48(51(30-42)75-45-29-41-17-22-60-56(41)62-35-45)57(68)63-76(70,71)52-31-50(67)53(55-54(52)73-27-28-74-55)61-34-39-15-18-58(3,69)19-16-39/h5-14,17,22,29-31,35,38-39,43,49,61,67,69H,15-16,18-21,23-28,32-34,36-37H2,1-4H3,(H,60,62)(H,63,68)/t39-,49-,58-/m0/s1. The molecule has 17 heteroatoms. The van der Waals surface area contributed by atoms with Crippen LogP contribution in [0, 0.1) is 11.3 Å². The number of H-pyrrole nitrogens is 1. The number of phenols is 1. The summed E-state index contributed by atoms with van der Waals surface area (Å²) in [5.74, 6) is 0.734. The second-order valence-electron chi connectivity index (χ2n) is 22.4. The van der Waals surface area contributed by atoms with Crippen LogP contribution in [-0.4, -0.2) is 116 Å². The second kappa shape index (κ2) is 21.1. The van der Waals surface area contributed by atoms with Gasteiger partial charge < -0.3 is 44.4 Å². The molecular weight excluding hydrogens is 983 g/mol. The fourth-order valence-corrected chi connectivity index (χ4v) is 13.6. The zero-order chi connectivity index (χ0) is 52.8. The van der Waals surface area contributed by atoms with Crippen LogP contribution in [0.3, 0.4) is 0 Å². The highest BCUT2D eigenvalue weighted by atomic mass is 32.2. The van der Waals surface area contributed by atoms with Gasteiger partial charge >= 0.3 is 0 Å². The number of pyridine rings is 1. The van der Waals surface area contributed by atoms with Crippen molar-refractivity contribution in [2.24, 2.45) is 11.3 Å². The molecule has 5 heterocycles. The number of fused-ring (bicyclic) bond motifs is 2. The normalized spacial score (nSPS) is 22.1. The Hall–Kier alpha value is -6.53. The van der Waals surface area contributed by atoms with Crippen molar-refractivity contribution in [1.29, 1.82) is 0 Å². The molecule has 1 spiro atoms. The van der Waals surface area contributed by atoms with Gasteiger partial charge in [-0.25, -0.2) is 18.1 Å². The van der Waals surface area contributed by atoms with Gasteiger partial charge in [-0.15, -0.1) is 0 Å². The fourth-order valence-electron chi connectivity index (χ4n) is 12.5. The first kappa shape index (κ1) is 51.6. The number of aliphatic hydroxyl groups is 1. The van der Waals surface area contributed by atoms with E-state index >= 15 is 0 Å². The van der Waals surface area contributed by atoms with Gasteiger partial charge in [-0.3, -0.25) is 14.6 Å². The molecule has 16 nitrogen and oxygen atoms in total. The Morgan fingerprint density at radius 2 is 1.66 bits per heavy atom. The molecule has 2 aromatic heterocycles. The first-order valence-corrected chi connectivity index (χ1v) is 28.5. The van der Waals surface area contributed by atoms with Gasteiger partial charge in [0, 0.05) is 87.3 Å². The van der Waals surface area contributed by atoms with Crippen molar-refractivity contribution < 1.29 is 42.4 Å². The number of carbonyl (C=O) groups is 1. The summed E-state index contributed by atoms with van der Waals surface area (Å²) in [6, 6.07) is 28.3. The molecular formula is C59H71N7O9S. The van der Waals surface area contributed by atoms with Gasteiger partial charge in [-0.05, 0) is 129 Å². The van der Waals surface area contributed by atoms with Crippen molar-refractivity contribution >= 4 is 38.3 Å². The highest BCUT2D eigenvalue weighted by Crippen LogP contribution is 2.54. The minimum absolute atomic E-state index is 0.00509. The topological polar surface area (TPSA) is 191 Å². The highest BCUT2D eigenvalue weighted by Gasteiger charge is 2.50. The molecule has 1 atom stereocenters. The van der Waals surface area contributed by atoms with Gasteiger partial charge in [0.05, 0.1) is 24.5 Å². The van der Waals surface area contributed by atoms with Crippen molar-refractivity contribution in [3.63, 3.8) is 0 Å². The maximum absolute atomic E-state index is 14.3. The third-order valence-electron chi connectivity index (χ3n) is 16.9. The van der Waals surface area contributed by atoms with Gasteiger partial charge in [-0.2, -0.15) is 0 Å². The number of ether oxygens (including phenoxy) is 4. The molecule has 2 saturated heterocycles. The number of hydrogen-bond acceptors (Lipinski definition) is 14. The van der Waals surface area contributed by atoms with Crippen LogP contribution in [0.25, 0.3) is 11.0 Å². The van der Waals surface area contributed by atoms with Crippen molar-refractivity contribution in [3.8, 4) is 34.5 Å². The van der Waals surface area contributed by atoms with Gasteiger partial charge in [0.25, 0.3) is 15.9 Å². The molecule has 1 amide bonds. The lowest BCUT2D eigenvalue weighted by atomic mass is 9.59. The molecule has 5 aliphatic rings. The first-order valence-electron chi connectivity index (χ1n) is 27.0. The fraction of sp³-hybridized carbons (Fsp3) is 0.458. The Morgan fingerprint density at radius 3 is 2.41 bits per heavy atom. The van der Waals surface area contributed by atoms with Crippen LogP contribution in [0.5, 0.6) is 34.5 Å². The average molecular weight is 1050 g/mol. The SMILES string of the molecule is COc1ccc(CN2CCN(C3CC4(CCN(c5ccc(C(=O)NS(=O)(=O)c6cc(O)c(NC[C@H]7CC[C@](C)(O)CC7)c7c6OCCO7)c(Oc6cnc7[nH]ccc7c6)c5)CC4)C3)[C@H](c3ccccc3C(C)C)C2)cc1. The molecule has 6 aromatic rings. The Balaban J connectivity index is 0.794. The minimum Gasteiger partial charge on any atom is -0.506 e. The van der Waals surface area contributed by atoms with E-state index in [9.17, 15) is 23.4 Å². The van der Waals surface area contributed by atoms with Crippen LogP contribution in [-0.2, 0) is 16.6 Å². The third kappa shape index (κ3) is 10.8. The van der Waals surface area contributed by atoms with Crippen molar-refractivity contribution in [2.45, 2.75) is 107 Å². The lowest BCUT2D eigenvalue weighted by molar-refractivity contribution is -0.0628. The Kier molecular flexibility index (Phi) is 14.3. The second-order valence-corrected chi connectivity index (χ2v) is 24.1. The van der Waals surface area contributed by atoms with Crippen molar-refractivity contribution in [3.05, 3.63) is 120 Å². The smallest absolute Gasteiger partial charge is 0.268 e. The number of piperidine rings is 1. The summed E-state index contributed by atoms with van der Waals surface area (Å²) in [6.45, 7) is 12.7. The van der Waals surface area contributed by atoms with Gasteiger partial charge in [0.1, 0.15) is 52.4 Å². The average Bonchev–Trinajstić information content (AvgIpc) is 3.94. The Labute approximate surface area is 445 Å². The molecule has 4 fully saturated rings. The predicted molar refractivity (Wildman–Crippen MR) is 293 cm³/mol. The summed E-state index contributed by atoms with van der Waals surface area (Å²) < 4.78 is 54.5. The zero-order valence-electron chi connectivity index (χ0n) is 44.0. The maximum Gasteiger partial charge on any atom is 0.268 e. The largest absolute Gasteiger partial charge is 0.506 e. The number of sulfonamides is 1. The quantitative estimate of drug-likeness (QED) is 0.0611. The van der Waals surface area contributed by atoms with E-state index in [4.69, 9.17) is 18.9 Å². The first-order chi connectivity index (χ1) is 36.6. The summed E-state index contributed by atoms with van der Waals surface area (Å²) in [5.41, 5.74) is 5.45. The van der Waals surface area contributed by atoms with E-state index in [1.165, 1.54) is 16.7 Å². The number of carbonyl (C=O) groups excluding carboxylic acids is 1. The number of nitrogens with zero attached hydrogens (tertiary/aromatic N) is 4. The van der Waals surface area contributed by atoms with Gasteiger partial charge in [0.15, 0.2) is 11.5 Å². The summed E-state index contributed by atoms with van der Waals surface area (Å²) >= 11 is 0. The highest BCUT2D eigenvalue weighted by molar-refractivity contribution is 7.90. The number of phenolic OH excluding ortho intramolecular Hbond substituents is 1. The van der Waals surface area contributed by atoms with Crippen LogP contribution in [0.15, 0.2) is 102 Å². The lowest BCUT2D eigenvalue weighted by Crippen LogP contribution is -2.60. The summed E-state index contributed by atoms with van der Waals surface area (Å²) in [4.78, 5) is 29.3. The lowest BCUT2D eigenvalue weighted by Gasteiger charge is -2.58. The number of anilines is 2. The van der Waals surface area contributed by atoms with Crippen LogP contribution < -0.4 is 33.9 Å². The number of aromatic amines is 1. The van der Waals surface area contributed by atoms with Crippen LogP contribution in [0.1, 0.15) is 111 Å². The number of piperazine rings is 1. The minimum atomic E-state index is -4.66. The van der Waals surface area contributed by atoms with Crippen molar-refractivity contribution in [1.82, 2.24) is 24.5 Å². The monoisotopic (exact) mass is 1050 g/mol. The molecule has 0 unspecified atom stereocenters. The summed E-state index contributed by atoms with van der Waals surface area (Å²) in [6.07, 6.45) is 10.6. The van der Waals surface area contributed by atoms with E-state index in [0.717, 1.165) is 101 Å². The molecule has 2 saturated carbocycles. The predicted octanol–water partition coefficient (Wildman–Crippen LogP) is 9.74. The van der Waals surface area contributed by atoms with Gasteiger partial charge in [0.2, 0.25) is 0 Å². The zero-order valence-corrected chi connectivity index (χ0v) is 44.8. The number of aromatic hydroxyl groups is 1.